The number of aliphatic imine (C=N–C) groups is 1. The molecule has 12 heteroatoms. The van der Waals surface area contributed by atoms with Crippen LogP contribution in [0.1, 0.15) is 43.7 Å². The Labute approximate surface area is 248 Å². The van der Waals surface area contributed by atoms with E-state index in [1.165, 1.54) is 35.0 Å². The largest absolute Gasteiger partial charge is 0.416 e. The molecule has 230 valence electrons. The minimum absolute atomic E-state index is 0.0347. The van der Waals surface area contributed by atoms with E-state index in [1.807, 2.05) is 11.8 Å². The Bertz CT molecular complexity index is 1550. The van der Waals surface area contributed by atoms with Crippen molar-refractivity contribution in [2.24, 2.45) is 34.6 Å². The number of piperidine rings is 1. The number of amidine groups is 1. The molecule has 2 aromatic carbocycles. The number of amides is 1. The number of alkyl halides is 3. The van der Waals surface area contributed by atoms with E-state index in [0.717, 1.165) is 56.0 Å². The zero-order valence-corrected chi connectivity index (χ0v) is 24.5. The van der Waals surface area contributed by atoms with Crippen LogP contribution in [0.2, 0.25) is 0 Å². The molecule has 2 aromatic rings. The molecule has 1 N–H and O–H groups in total. The Morgan fingerprint density at radius 3 is 2.28 bits per heavy atom. The highest BCUT2D eigenvalue weighted by Crippen LogP contribution is 2.54. The number of likely N-dealkylation sites (tertiary alicyclic amines) is 1. The molecule has 3 aliphatic carbocycles. The van der Waals surface area contributed by atoms with Crippen LogP contribution in [0, 0.1) is 35.4 Å². The molecule has 0 radical (unpaired) electrons. The van der Waals surface area contributed by atoms with E-state index < -0.39 is 39.2 Å². The predicted molar refractivity (Wildman–Crippen MR) is 151 cm³/mol. The van der Waals surface area contributed by atoms with Gasteiger partial charge in [-0.05, 0) is 98.2 Å². The van der Waals surface area contributed by atoms with Crippen LogP contribution < -0.4 is 5.32 Å². The van der Waals surface area contributed by atoms with Gasteiger partial charge in [0, 0.05) is 31.6 Å². The minimum Gasteiger partial charge on any atom is -0.358 e. The van der Waals surface area contributed by atoms with E-state index in [-0.39, 0.29) is 35.1 Å². The molecule has 0 spiro atoms. The van der Waals surface area contributed by atoms with Gasteiger partial charge >= 0.3 is 6.18 Å². The zero-order valence-electron chi connectivity index (χ0n) is 23.7. The second-order valence-electron chi connectivity index (χ2n) is 13.1. The van der Waals surface area contributed by atoms with E-state index in [0.29, 0.717) is 30.4 Å². The molecule has 0 aromatic heterocycles. The summed E-state index contributed by atoms with van der Waals surface area (Å²) >= 11 is 0. The van der Waals surface area contributed by atoms with Gasteiger partial charge in [-0.15, -0.1) is 0 Å². The molecule has 4 fully saturated rings. The lowest BCUT2D eigenvalue weighted by Gasteiger charge is -2.40. The summed E-state index contributed by atoms with van der Waals surface area (Å²) in [6.45, 7) is 3.69. The van der Waals surface area contributed by atoms with Gasteiger partial charge in [0.15, 0.2) is 0 Å². The third-order valence-corrected chi connectivity index (χ3v) is 12.2. The van der Waals surface area contributed by atoms with Gasteiger partial charge in [-0.2, -0.15) is 17.5 Å². The summed E-state index contributed by atoms with van der Waals surface area (Å²) in [4.78, 5) is 20.1. The summed E-state index contributed by atoms with van der Waals surface area (Å²) < 4.78 is 82.8. The summed E-state index contributed by atoms with van der Waals surface area (Å²) in [6, 6.07) is 8.72. The molecule has 2 aliphatic heterocycles. The number of fused-ring (bicyclic) bond motifs is 2. The molecule has 7 rings (SSSR count). The molecule has 1 saturated heterocycles. The fourth-order valence-corrected chi connectivity index (χ4v) is 9.40. The third-order valence-electron chi connectivity index (χ3n) is 10.4. The zero-order chi connectivity index (χ0) is 30.3. The first-order valence-corrected chi connectivity index (χ1v) is 16.3. The summed E-state index contributed by atoms with van der Waals surface area (Å²) in [5.74, 6) is 1.62. The second kappa shape index (κ2) is 10.0. The maximum absolute atomic E-state index is 14.1. The molecule has 5 aliphatic rings. The maximum atomic E-state index is 14.1. The summed E-state index contributed by atoms with van der Waals surface area (Å²) in [7, 11) is -4.13. The molecule has 2 heterocycles. The lowest BCUT2D eigenvalue weighted by Crippen LogP contribution is -2.57. The average molecular weight is 619 g/mol. The molecule has 7 atom stereocenters. The van der Waals surface area contributed by atoms with Crippen LogP contribution in [0.25, 0.3) is 0 Å². The Hall–Kier alpha value is -2.99. The number of hydrogen-bond donors (Lipinski definition) is 1. The van der Waals surface area contributed by atoms with E-state index >= 15 is 0 Å². The standard InChI is InChI=1S/C31H34F4N4O3S/c1-30(29(40)38-15-19-12-20(19)16-38)17-36-28(37-30)26-13-27(25-11-10-24(25)26)39(43(41,42)23-8-6-22(32)7-9-23)14-18-2-4-21(5-3-18)31(33,34)35/h2-9,19-20,24-27H,10-17H2,1H3,(H,36,37)/t19?,20?,24?,25?,26-,27?,30+/m0/s1. The van der Waals surface area contributed by atoms with Crippen molar-refractivity contribution in [2.45, 2.75) is 61.8 Å². The number of rotatable bonds is 7. The highest BCUT2D eigenvalue weighted by Gasteiger charge is 2.57. The van der Waals surface area contributed by atoms with Crippen molar-refractivity contribution < 1.29 is 30.8 Å². The molecule has 1 amide bonds. The van der Waals surface area contributed by atoms with Crippen LogP contribution >= 0.6 is 0 Å². The van der Waals surface area contributed by atoms with Gasteiger partial charge in [0.05, 0.1) is 17.0 Å². The number of halogens is 4. The first-order valence-electron chi connectivity index (χ1n) is 14.9. The number of nitrogens with zero attached hydrogens (tertiary/aromatic N) is 3. The topological polar surface area (TPSA) is 82.1 Å². The van der Waals surface area contributed by atoms with E-state index in [2.05, 4.69) is 5.32 Å². The number of nitrogens with one attached hydrogen (secondary N) is 1. The van der Waals surface area contributed by atoms with Crippen molar-refractivity contribution in [3.8, 4) is 0 Å². The lowest BCUT2D eigenvalue weighted by atomic mass is 9.71. The van der Waals surface area contributed by atoms with E-state index in [1.54, 1.807) is 0 Å². The third kappa shape index (κ3) is 5.04. The first-order chi connectivity index (χ1) is 20.3. The normalized spacial score (nSPS) is 33.1. The summed E-state index contributed by atoms with van der Waals surface area (Å²) in [5.41, 5.74) is -1.21. The smallest absolute Gasteiger partial charge is 0.358 e. The van der Waals surface area contributed by atoms with Gasteiger partial charge in [-0.3, -0.25) is 9.79 Å². The SMILES string of the molecule is C[C@]1(C(=O)N2CC3CC3C2)CN=C([C@H]2CC(N(Cc3ccc(C(F)(F)F)cc3)S(=O)(=O)c3ccc(F)cc3)C3CCC32)N1. The van der Waals surface area contributed by atoms with Crippen LogP contribution in [-0.4, -0.2) is 60.6 Å². The molecular weight excluding hydrogens is 584 g/mol. The van der Waals surface area contributed by atoms with Crippen LogP contribution in [0.4, 0.5) is 17.6 Å². The van der Waals surface area contributed by atoms with Gasteiger partial charge in [-0.25, -0.2) is 12.8 Å². The Balaban J connectivity index is 1.14. The number of carbonyl (C=O) groups is 1. The fraction of sp³-hybridized carbons (Fsp3) is 0.548. The highest BCUT2D eigenvalue weighted by atomic mass is 32.2. The van der Waals surface area contributed by atoms with Gasteiger partial charge in [0.1, 0.15) is 17.2 Å². The van der Waals surface area contributed by atoms with Crippen LogP contribution in [0.15, 0.2) is 58.4 Å². The molecule has 7 nitrogen and oxygen atoms in total. The van der Waals surface area contributed by atoms with Gasteiger partial charge in [0.2, 0.25) is 15.9 Å². The average Bonchev–Trinajstić information content (AvgIpc) is 3.24. The summed E-state index contributed by atoms with van der Waals surface area (Å²) in [5, 5.41) is 3.45. The first kappa shape index (κ1) is 28.8. The molecule has 43 heavy (non-hydrogen) atoms. The number of hydrogen-bond acceptors (Lipinski definition) is 5. The molecule has 0 bridgehead atoms. The van der Waals surface area contributed by atoms with E-state index in [4.69, 9.17) is 4.99 Å². The number of carbonyl (C=O) groups excluding carboxylic acids is 1. The van der Waals surface area contributed by atoms with Crippen molar-refractivity contribution in [1.82, 2.24) is 14.5 Å². The quantitative estimate of drug-likeness (QED) is 0.457. The molecule has 5 unspecified atom stereocenters. The van der Waals surface area contributed by atoms with Crippen LogP contribution in [0.5, 0.6) is 0 Å². The van der Waals surface area contributed by atoms with Gasteiger partial charge in [0.25, 0.3) is 0 Å². The molecular formula is C31H34F4N4O3S. The lowest BCUT2D eigenvalue weighted by molar-refractivity contribution is -0.137. The highest BCUT2D eigenvalue weighted by molar-refractivity contribution is 7.89. The number of benzene rings is 2. The van der Waals surface area contributed by atoms with Crippen molar-refractivity contribution >= 4 is 21.8 Å². The van der Waals surface area contributed by atoms with Crippen LogP contribution in [-0.2, 0) is 27.5 Å². The summed E-state index contributed by atoms with van der Waals surface area (Å²) in [6.07, 6.45) is -1.12. The fourth-order valence-electron chi connectivity index (χ4n) is 7.73. The Morgan fingerprint density at radius 1 is 1.02 bits per heavy atom. The Kier molecular flexibility index (Phi) is 6.70. The second-order valence-corrected chi connectivity index (χ2v) is 15.0. The van der Waals surface area contributed by atoms with Crippen molar-refractivity contribution in [1.29, 1.82) is 0 Å². The predicted octanol–water partition coefficient (Wildman–Crippen LogP) is 4.69. The van der Waals surface area contributed by atoms with Gasteiger partial charge < -0.3 is 10.2 Å². The minimum atomic E-state index is -4.50. The maximum Gasteiger partial charge on any atom is 0.416 e. The van der Waals surface area contributed by atoms with E-state index in [9.17, 15) is 30.8 Å². The molecule has 3 saturated carbocycles. The van der Waals surface area contributed by atoms with Crippen LogP contribution in [0.3, 0.4) is 0 Å². The van der Waals surface area contributed by atoms with Crippen molar-refractivity contribution in [3.63, 3.8) is 0 Å². The number of sulfonamides is 1. The van der Waals surface area contributed by atoms with Crippen molar-refractivity contribution in [2.75, 3.05) is 19.6 Å². The van der Waals surface area contributed by atoms with Crippen molar-refractivity contribution in [3.05, 3.63) is 65.5 Å². The van der Waals surface area contributed by atoms with Gasteiger partial charge in [-0.1, -0.05) is 12.1 Å². The Morgan fingerprint density at radius 2 is 1.67 bits per heavy atom. The monoisotopic (exact) mass is 618 g/mol.